The number of rotatable bonds is 2. The van der Waals surface area contributed by atoms with E-state index < -0.39 is 17.7 Å². The van der Waals surface area contributed by atoms with Crippen molar-refractivity contribution in [3.8, 4) is 0 Å². The van der Waals surface area contributed by atoms with Gasteiger partial charge in [-0.2, -0.15) is 0 Å². The van der Waals surface area contributed by atoms with Crippen LogP contribution in [0.1, 0.15) is 32.3 Å². The molecule has 5 heteroatoms. The van der Waals surface area contributed by atoms with Crippen LogP contribution in [0.25, 0.3) is 0 Å². The van der Waals surface area contributed by atoms with Gasteiger partial charge in [0.2, 0.25) is 0 Å². The van der Waals surface area contributed by atoms with Crippen LogP contribution in [0, 0.1) is 11.7 Å². The summed E-state index contributed by atoms with van der Waals surface area (Å²) < 4.78 is 13.5. The van der Waals surface area contributed by atoms with Crippen LogP contribution < -0.4 is 0 Å². The number of hydrogen-bond acceptors (Lipinski definition) is 2. The van der Waals surface area contributed by atoms with Gasteiger partial charge in [-0.1, -0.05) is 11.6 Å². The highest BCUT2D eigenvalue weighted by atomic mass is 35.5. The van der Waals surface area contributed by atoms with E-state index in [1.165, 1.54) is 12.1 Å². The molecule has 110 valence electrons. The van der Waals surface area contributed by atoms with E-state index in [2.05, 4.69) is 4.90 Å². The van der Waals surface area contributed by atoms with Crippen LogP contribution in [0.4, 0.5) is 4.39 Å². The molecule has 1 aromatic rings. The van der Waals surface area contributed by atoms with Crippen LogP contribution in [0.2, 0.25) is 5.02 Å². The number of benzene rings is 1. The van der Waals surface area contributed by atoms with Crippen molar-refractivity contribution in [2.75, 3.05) is 13.1 Å². The number of hydrogen-bond donors (Lipinski definition) is 1. The minimum absolute atomic E-state index is 0.112. The number of halogens is 2. The molecule has 1 aliphatic heterocycles. The highest BCUT2D eigenvalue weighted by molar-refractivity contribution is 6.30. The van der Waals surface area contributed by atoms with E-state index in [4.69, 9.17) is 11.6 Å². The first-order valence-corrected chi connectivity index (χ1v) is 7.00. The van der Waals surface area contributed by atoms with E-state index >= 15 is 0 Å². The summed E-state index contributed by atoms with van der Waals surface area (Å²) in [6.45, 7) is 7.21. The van der Waals surface area contributed by atoms with Crippen molar-refractivity contribution in [3.63, 3.8) is 0 Å². The van der Waals surface area contributed by atoms with Gasteiger partial charge in [0, 0.05) is 29.6 Å². The number of aliphatic carboxylic acids is 1. The van der Waals surface area contributed by atoms with Gasteiger partial charge in [-0.25, -0.2) is 4.39 Å². The monoisotopic (exact) mass is 299 g/mol. The molecule has 1 aliphatic rings. The topological polar surface area (TPSA) is 40.5 Å². The molecule has 3 nitrogen and oxygen atoms in total. The maximum absolute atomic E-state index is 13.5. The van der Waals surface area contributed by atoms with E-state index in [1.807, 2.05) is 20.8 Å². The highest BCUT2D eigenvalue weighted by Gasteiger charge is 2.42. The first-order valence-electron chi connectivity index (χ1n) is 6.62. The Labute approximate surface area is 123 Å². The second-order valence-electron chi connectivity index (χ2n) is 6.33. The van der Waals surface area contributed by atoms with Gasteiger partial charge in [-0.05, 0) is 44.5 Å². The zero-order chi connectivity index (χ0) is 15.1. The van der Waals surface area contributed by atoms with E-state index in [-0.39, 0.29) is 11.5 Å². The lowest BCUT2D eigenvalue weighted by atomic mass is 9.89. The number of nitrogens with zero attached hydrogens (tertiary/aromatic N) is 1. The average molecular weight is 300 g/mol. The first-order chi connectivity index (χ1) is 9.18. The third-order valence-electron chi connectivity index (χ3n) is 3.90. The van der Waals surface area contributed by atoms with Gasteiger partial charge in [-0.15, -0.1) is 0 Å². The predicted molar refractivity (Wildman–Crippen MR) is 76.6 cm³/mol. The molecule has 1 aromatic carbocycles. The highest BCUT2D eigenvalue weighted by Crippen LogP contribution is 2.37. The molecule has 0 radical (unpaired) electrons. The van der Waals surface area contributed by atoms with Crippen LogP contribution in [0.5, 0.6) is 0 Å². The molecule has 1 heterocycles. The van der Waals surface area contributed by atoms with Crippen LogP contribution in [0.15, 0.2) is 18.2 Å². The second kappa shape index (κ2) is 5.34. The molecule has 0 spiro atoms. The molecule has 20 heavy (non-hydrogen) atoms. The van der Waals surface area contributed by atoms with Crippen molar-refractivity contribution in [3.05, 3.63) is 34.6 Å². The lowest BCUT2D eigenvalue weighted by Gasteiger charge is -2.31. The summed E-state index contributed by atoms with van der Waals surface area (Å²) >= 11 is 5.88. The van der Waals surface area contributed by atoms with Crippen LogP contribution in [0.3, 0.4) is 0 Å². The Morgan fingerprint density at radius 3 is 2.50 bits per heavy atom. The number of carboxylic acids is 1. The van der Waals surface area contributed by atoms with Gasteiger partial charge in [-0.3, -0.25) is 9.69 Å². The third kappa shape index (κ3) is 3.13. The minimum Gasteiger partial charge on any atom is -0.481 e. The average Bonchev–Trinajstić information content (AvgIpc) is 2.71. The smallest absolute Gasteiger partial charge is 0.308 e. The fraction of sp³-hybridized carbons (Fsp3) is 0.533. The predicted octanol–water partition coefficient (Wildman–Crippen LogP) is 3.38. The van der Waals surface area contributed by atoms with Gasteiger partial charge in [0.25, 0.3) is 0 Å². The van der Waals surface area contributed by atoms with E-state index in [9.17, 15) is 14.3 Å². The number of likely N-dealkylation sites (tertiary alicyclic amines) is 1. The molecule has 0 amide bonds. The molecule has 0 aliphatic carbocycles. The fourth-order valence-corrected chi connectivity index (χ4v) is 2.96. The maximum Gasteiger partial charge on any atom is 0.308 e. The minimum atomic E-state index is -0.845. The zero-order valence-corrected chi connectivity index (χ0v) is 12.6. The van der Waals surface area contributed by atoms with E-state index in [1.54, 1.807) is 6.07 Å². The van der Waals surface area contributed by atoms with Gasteiger partial charge in [0.15, 0.2) is 0 Å². The summed E-state index contributed by atoms with van der Waals surface area (Å²) in [6, 6.07) is 4.29. The molecule has 0 unspecified atom stereocenters. The van der Waals surface area contributed by atoms with Gasteiger partial charge in [0.1, 0.15) is 5.82 Å². The Balaban J connectivity index is 2.35. The molecule has 2 atom stereocenters. The number of carboxylic acid groups (broad SMARTS) is 1. The summed E-state index contributed by atoms with van der Waals surface area (Å²) in [5.41, 5.74) is 0.550. The normalized spacial score (nSPS) is 24.1. The zero-order valence-electron chi connectivity index (χ0n) is 11.9. The van der Waals surface area contributed by atoms with Gasteiger partial charge >= 0.3 is 5.97 Å². The van der Waals surface area contributed by atoms with E-state index in [0.717, 1.165) is 0 Å². The molecule has 1 saturated heterocycles. The molecule has 0 bridgehead atoms. The lowest BCUT2D eigenvalue weighted by molar-refractivity contribution is -0.141. The quantitative estimate of drug-likeness (QED) is 0.910. The molecule has 1 N–H and O–H groups in total. The van der Waals surface area contributed by atoms with Crippen LogP contribution in [-0.4, -0.2) is 34.6 Å². The summed E-state index contributed by atoms with van der Waals surface area (Å²) in [6.07, 6.45) is 0. The summed E-state index contributed by atoms with van der Waals surface area (Å²) in [5, 5.41) is 9.72. The Hall–Kier alpha value is -1.13. The Morgan fingerprint density at radius 1 is 1.35 bits per heavy atom. The standard InChI is InChI=1S/C15H19ClFNO2/c1-15(2,3)18-7-12(13(8-18)14(19)20)9-4-10(16)6-11(17)5-9/h4-6,12-13H,7-8H2,1-3H3,(H,19,20)/t12-,13+/m0/s1. The lowest BCUT2D eigenvalue weighted by Crippen LogP contribution is -2.40. The first kappa shape index (κ1) is 15.3. The fourth-order valence-electron chi connectivity index (χ4n) is 2.73. The van der Waals surface area contributed by atoms with Crippen molar-refractivity contribution >= 4 is 17.6 Å². The molecule has 1 fully saturated rings. The molecule has 0 saturated carbocycles. The number of carbonyl (C=O) groups is 1. The van der Waals surface area contributed by atoms with Crippen LogP contribution in [-0.2, 0) is 4.79 Å². The molecular formula is C15H19ClFNO2. The third-order valence-corrected chi connectivity index (χ3v) is 4.12. The summed E-state index contributed by atoms with van der Waals surface area (Å²) in [5.74, 6) is -2.04. The van der Waals surface area contributed by atoms with Crippen molar-refractivity contribution < 1.29 is 14.3 Å². The van der Waals surface area contributed by atoms with Crippen molar-refractivity contribution in [2.45, 2.75) is 32.2 Å². The molecule has 2 rings (SSSR count). The van der Waals surface area contributed by atoms with Gasteiger partial charge in [0.05, 0.1) is 5.92 Å². The van der Waals surface area contributed by atoms with Crippen molar-refractivity contribution in [1.29, 1.82) is 0 Å². The SMILES string of the molecule is CC(C)(C)N1C[C@@H](C(=O)O)[C@H](c2cc(F)cc(Cl)c2)C1. The second-order valence-corrected chi connectivity index (χ2v) is 6.77. The molecular weight excluding hydrogens is 281 g/mol. The van der Waals surface area contributed by atoms with Gasteiger partial charge < -0.3 is 5.11 Å². The Bertz CT molecular complexity index is 507. The largest absolute Gasteiger partial charge is 0.481 e. The van der Waals surface area contributed by atoms with Crippen molar-refractivity contribution in [2.24, 2.45) is 5.92 Å². The summed E-state index contributed by atoms with van der Waals surface area (Å²) in [7, 11) is 0. The molecule has 0 aromatic heterocycles. The summed E-state index contributed by atoms with van der Waals surface area (Å²) in [4.78, 5) is 13.6. The van der Waals surface area contributed by atoms with E-state index in [0.29, 0.717) is 23.7 Å². The Kier molecular flexibility index (Phi) is 4.07. The van der Waals surface area contributed by atoms with Crippen LogP contribution >= 0.6 is 11.6 Å². The Morgan fingerprint density at radius 2 is 2.00 bits per heavy atom. The maximum atomic E-state index is 13.5. The van der Waals surface area contributed by atoms with Crippen molar-refractivity contribution in [1.82, 2.24) is 4.90 Å².